The molecule has 0 aromatic heterocycles. The van der Waals surface area contributed by atoms with Gasteiger partial charge in [0.25, 0.3) is 0 Å². The van der Waals surface area contributed by atoms with Crippen molar-refractivity contribution >= 4 is 5.91 Å². The summed E-state index contributed by atoms with van der Waals surface area (Å²) in [5.41, 5.74) is 1.32. The summed E-state index contributed by atoms with van der Waals surface area (Å²) >= 11 is 0. The van der Waals surface area contributed by atoms with Crippen LogP contribution in [0.5, 0.6) is 0 Å². The third kappa shape index (κ3) is 3.85. The zero-order valence-corrected chi connectivity index (χ0v) is 12.8. The SMILES string of the molecule is O=C1C(CCc2ccccc2)NCN1CCC1CCCC1. The van der Waals surface area contributed by atoms with E-state index >= 15 is 0 Å². The Morgan fingerprint density at radius 3 is 2.62 bits per heavy atom. The summed E-state index contributed by atoms with van der Waals surface area (Å²) in [6.45, 7) is 1.68. The highest BCUT2D eigenvalue weighted by Crippen LogP contribution is 2.28. The van der Waals surface area contributed by atoms with Crippen molar-refractivity contribution in [1.29, 1.82) is 0 Å². The molecule has 1 saturated carbocycles. The highest BCUT2D eigenvalue weighted by Gasteiger charge is 2.30. The van der Waals surface area contributed by atoms with Crippen molar-refractivity contribution in [2.24, 2.45) is 5.92 Å². The van der Waals surface area contributed by atoms with Crippen LogP contribution in [0.4, 0.5) is 0 Å². The van der Waals surface area contributed by atoms with Crippen LogP contribution >= 0.6 is 0 Å². The van der Waals surface area contributed by atoms with Gasteiger partial charge in [0.1, 0.15) is 0 Å². The minimum atomic E-state index is 0.0220. The lowest BCUT2D eigenvalue weighted by molar-refractivity contribution is -0.129. The minimum absolute atomic E-state index is 0.0220. The number of nitrogens with one attached hydrogen (secondary N) is 1. The van der Waals surface area contributed by atoms with Crippen molar-refractivity contribution in [3.63, 3.8) is 0 Å². The third-order valence-corrected chi connectivity index (χ3v) is 4.98. The largest absolute Gasteiger partial charge is 0.329 e. The molecule has 1 saturated heterocycles. The van der Waals surface area contributed by atoms with Crippen LogP contribution in [-0.4, -0.2) is 30.1 Å². The molecule has 21 heavy (non-hydrogen) atoms. The Hall–Kier alpha value is -1.35. The van der Waals surface area contributed by atoms with Crippen molar-refractivity contribution in [1.82, 2.24) is 10.2 Å². The van der Waals surface area contributed by atoms with Gasteiger partial charge in [-0.2, -0.15) is 0 Å². The molecule has 1 aliphatic carbocycles. The molecule has 1 aliphatic heterocycles. The molecule has 2 aliphatic rings. The van der Waals surface area contributed by atoms with E-state index < -0.39 is 0 Å². The third-order valence-electron chi connectivity index (χ3n) is 4.98. The quantitative estimate of drug-likeness (QED) is 0.872. The maximum atomic E-state index is 12.4. The molecule has 3 nitrogen and oxygen atoms in total. The lowest BCUT2D eigenvalue weighted by Crippen LogP contribution is -2.32. The summed E-state index contributed by atoms with van der Waals surface area (Å²) in [6.07, 6.45) is 8.58. The van der Waals surface area contributed by atoms with Crippen LogP contribution in [0.25, 0.3) is 0 Å². The molecule has 0 spiro atoms. The number of benzene rings is 1. The van der Waals surface area contributed by atoms with Crippen molar-refractivity contribution in [3.8, 4) is 0 Å². The van der Waals surface area contributed by atoms with Crippen LogP contribution in [0, 0.1) is 5.92 Å². The predicted molar refractivity (Wildman–Crippen MR) is 84.8 cm³/mol. The summed E-state index contributed by atoms with van der Waals surface area (Å²) in [5.74, 6) is 1.17. The number of carbonyl (C=O) groups is 1. The summed E-state index contributed by atoms with van der Waals surface area (Å²) in [6, 6.07) is 10.5. The molecule has 3 rings (SSSR count). The van der Waals surface area contributed by atoms with E-state index in [1.807, 2.05) is 11.0 Å². The molecule has 0 bridgehead atoms. The fourth-order valence-corrected chi connectivity index (χ4v) is 3.61. The maximum Gasteiger partial charge on any atom is 0.240 e. The Bertz CT molecular complexity index is 454. The van der Waals surface area contributed by atoms with Crippen molar-refractivity contribution in [3.05, 3.63) is 35.9 Å². The van der Waals surface area contributed by atoms with Gasteiger partial charge < -0.3 is 4.90 Å². The fraction of sp³-hybridized carbons (Fsp3) is 0.611. The van der Waals surface area contributed by atoms with Crippen molar-refractivity contribution < 1.29 is 4.79 Å². The van der Waals surface area contributed by atoms with Crippen LogP contribution in [0.15, 0.2) is 30.3 Å². The molecular weight excluding hydrogens is 260 g/mol. The van der Waals surface area contributed by atoms with Gasteiger partial charge in [0.15, 0.2) is 0 Å². The second-order valence-electron chi connectivity index (χ2n) is 6.48. The molecule has 1 heterocycles. The number of aryl methyl sites for hydroxylation is 1. The zero-order chi connectivity index (χ0) is 14.5. The van der Waals surface area contributed by atoms with Crippen LogP contribution in [0.2, 0.25) is 0 Å². The molecular formula is C18H26N2O. The van der Waals surface area contributed by atoms with Gasteiger partial charge in [-0.05, 0) is 30.7 Å². The molecule has 0 radical (unpaired) electrons. The second-order valence-corrected chi connectivity index (χ2v) is 6.48. The van der Waals surface area contributed by atoms with Gasteiger partial charge in [-0.1, -0.05) is 56.0 Å². The standard InChI is InChI=1S/C18H26N2O/c21-18-17(11-10-15-6-2-1-3-7-15)19-14-20(18)13-12-16-8-4-5-9-16/h1-3,6-7,16-17,19H,4-5,8-14H2. The number of rotatable bonds is 6. The molecule has 114 valence electrons. The number of amides is 1. The lowest BCUT2D eigenvalue weighted by Gasteiger charge is -2.18. The summed E-state index contributed by atoms with van der Waals surface area (Å²) < 4.78 is 0. The monoisotopic (exact) mass is 286 g/mol. The van der Waals surface area contributed by atoms with E-state index in [1.54, 1.807) is 0 Å². The molecule has 1 N–H and O–H groups in total. The predicted octanol–water partition coefficient (Wildman–Crippen LogP) is 2.96. The first-order chi connectivity index (χ1) is 10.3. The van der Waals surface area contributed by atoms with Gasteiger partial charge in [-0.3, -0.25) is 10.1 Å². The van der Waals surface area contributed by atoms with Gasteiger partial charge in [0, 0.05) is 6.54 Å². The Morgan fingerprint density at radius 1 is 1.10 bits per heavy atom. The van der Waals surface area contributed by atoms with E-state index in [1.165, 1.54) is 37.7 Å². The van der Waals surface area contributed by atoms with Gasteiger partial charge in [0.05, 0.1) is 12.7 Å². The molecule has 2 fully saturated rings. The van der Waals surface area contributed by atoms with Gasteiger partial charge in [-0.15, -0.1) is 0 Å². The first kappa shape index (κ1) is 14.6. The van der Waals surface area contributed by atoms with Crippen LogP contribution < -0.4 is 5.32 Å². The Labute approximate surface area is 127 Å². The summed E-state index contributed by atoms with van der Waals surface area (Å²) in [7, 11) is 0. The van der Waals surface area contributed by atoms with Crippen LogP contribution in [-0.2, 0) is 11.2 Å². The number of nitrogens with zero attached hydrogens (tertiary/aromatic N) is 1. The minimum Gasteiger partial charge on any atom is -0.329 e. The Morgan fingerprint density at radius 2 is 1.86 bits per heavy atom. The molecule has 1 aromatic rings. The number of carbonyl (C=O) groups excluding carboxylic acids is 1. The molecule has 1 atom stereocenters. The highest BCUT2D eigenvalue weighted by atomic mass is 16.2. The summed E-state index contributed by atoms with van der Waals surface area (Å²) in [5, 5.41) is 3.38. The van der Waals surface area contributed by atoms with E-state index in [0.717, 1.165) is 32.0 Å². The average Bonchev–Trinajstić information content (AvgIpc) is 3.15. The highest BCUT2D eigenvalue weighted by molar-refractivity contribution is 5.83. The molecule has 3 heteroatoms. The topological polar surface area (TPSA) is 32.3 Å². The van der Waals surface area contributed by atoms with E-state index in [4.69, 9.17) is 0 Å². The second kappa shape index (κ2) is 7.08. The first-order valence-electron chi connectivity index (χ1n) is 8.39. The van der Waals surface area contributed by atoms with Gasteiger partial charge >= 0.3 is 0 Å². The lowest BCUT2D eigenvalue weighted by atomic mass is 10.0. The summed E-state index contributed by atoms with van der Waals surface area (Å²) in [4.78, 5) is 14.4. The number of hydrogen-bond acceptors (Lipinski definition) is 2. The van der Waals surface area contributed by atoms with Crippen molar-refractivity contribution in [2.45, 2.75) is 51.0 Å². The van der Waals surface area contributed by atoms with E-state index in [0.29, 0.717) is 5.91 Å². The Balaban J connectivity index is 1.42. The smallest absolute Gasteiger partial charge is 0.240 e. The normalized spacial score (nSPS) is 23.1. The first-order valence-corrected chi connectivity index (χ1v) is 8.39. The van der Waals surface area contributed by atoms with Gasteiger partial charge in [-0.25, -0.2) is 0 Å². The van der Waals surface area contributed by atoms with E-state index in [9.17, 15) is 4.79 Å². The van der Waals surface area contributed by atoms with Crippen LogP contribution in [0.1, 0.15) is 44.1 Å². The fourth-order valence-electron chi connectivity index (χ4n) is 3.61. The van der Waals surface area contributed by atoms with Gasteiger partial charge in [0.2, 0.25) is 5.91 Å². The Kier molecular flexibility index (Phi) is 4.91. The van der Waals surface area contributed by atoms with Crippen molar-refractivity contribution in [2.75, 3.05) is 13.2 Å². The zero-order valence-electron chi connectivity index (χ0n) is 12.8. The van der Waals surface area contributed by atoms with Crippen LogP contribution in [0.3, 0.4) is 0 Å². The molecule has 1 unspecified atom stereocenters. The number of hydrogen-bond donors (Lipinski definition) is 1. The van der Waals surface area contributed by atoms with E-state index in [-0.39, 0.29) is 6.04 Å². The molecule has 1 aromatic carbocycles. The molecule has 1 amide bonds. The average molecular weight is 286 g/mol. The van der Waals surface area contributed by atoms with E-state index in [2.05, 4.69) is 29.6 Å². The maximum absolute atomic E-state index is 12.4.